The number of hydrogen-bond donors (Lipinski definition) is 3. The van der Waals surface area contributed by atoms with Gasteiger partial charge in [-0.05, 0) is 42.7 Å². The van der Waals surface area contributed by atoms with E-state index in [1.165, 1.54) is 24.3 Å². The Hall–Kier alpha value is -3.38. The molecule has 6 nitrogen and oxygen atoms in total. The van der Waals surface area contributed by atoms with Crippen LogP contribution in [-0.2, 0) is 21.2 Å². The molecule has 2 aromatic carbocycles. The molecule has 4 aromatic rings. The number of H-pyrrole nitrogens is 1. The number of benzene rings is 2. The van der Waals surface area contributed by atoms with Gasteiger partial charge in [0.15, 0.2) is 0 Å². The van der Waals surface area contributed by atoms with Crippen LogP contribution in [0.15, 0.2) is 71.0 Å². The molecule has 4 rings (SSSR count). The van der Waals surface area contributed by atoms with Crippen molar-refractivity contribution in [2.24, 2.45) is 0 Å². The highest BCUT2D eigenvalue weighted by atomic mass is 32.2. The number of aliphatic carboxylic acids is 1. The summed E-state index contributed by atoms with van der Waals surface area (Å²) in [6, 6.07) is 12.7. The van der Waals surface area contributed by atoms with Gasteiger partial charge in [-0.15, -0.1) is 11.3 Å². The van der Waals surface area contributed by atoms with Crippen molar-refractivity contribution in [1.29, 1.82) is 0 Å². The van der Waals surface area contributed by atoms with Crippen LogP contribution >= 0.6 is 11.3 Å². The third-order valence-corrected chi connectivity index (χ3v) is 7.66. The summed E-state index contributed by atoms with van der Waals surface area (Å²) >= 11 is 0.898. The van der Waals surface area contributed by atoms with E-state index < -0.39 is 28.9 Å². The van der Waals surface area contributed by atoms with E-state index in [0.717, 1.165) is 16.7 Å². The van der Waals surface area contributed by atoms with E-state index in [0.29, 0.717) is 27.6 Å². The van der Waals surface area contributed by atoms with Gasteiger partial charge in [0, 0.05) is 33.2 Å². The molecule has 1 atom stereocenters. The fraction of sp³-hybridized carbons (Fsp3) is 0.125. The number of aryl methyl sites for hydroxylation is 1. The Labute approximate surface area is 195 Å². The number of sulfonamides is 1. The predicted octanol–water partition coefficient (Wildman–Crippen LogP) is 3.91. The number of carbonyl (C=O) groups is 1. The van der Waals surface area contributed by atoms with Crippen molar-refractivity contribution in [3.63, 3.8) is 0 Å². The molecule has 8 heteroatoms. The van der Waals surface area contributed by atoms with E-state index in [9.17, 15) is 18.3 Å². The smallest absolute Gasteiger partial charge is 0.322 e. The molecule has 0 fully saturated rings. The molecule has 0 saturated heterocycles. The van der Waals surface area contributed by atoms with Crippen LogP contribution in [-0.4, -0.2) is 30.5 Å². The molecule has 3 N–H and O–H groups in total. The number of rotatable bonds is 6. The molecule has 2 heterocycles. The normalized spacial score (nSPS) is 14.5. The highest BCUT2D eigenvalue weighted by Crippen LogP contribution is 2.23. The molecule has 2 aromatic heterocycles. The first-order chi connectivity index (χ1) is 16.9. The van der Waals surface area contributed by atoms with Gasteiger partial charge >= 0.3 is 5.97 Å². The number of aromatic nitrogens is 1. The summed E-state index contributed by atoms with van der Waals surface area (Å²) in [7, 11) is -4.13. The number of aromatic amines is 1. The highest BCUT2D eigenvalue weighted by Gasteiger charge is 2.27. The molecule has 0 amide bonds. The molecular weight excluding hydrogens is 444 g/mol. The molecule has 0 spiro atoms. The average molecular weight is 469 g/mol. The number of hydrogen-bond acceptors (Lipinski definition) is 4. The van der Waals surface area contributed by atoms with Crippen LogP contribution in [0.4, 0.5) is 0 Å². The summed E-state index contributed by atoms with van der Waals surface area (Å²) in [5, 5.41) is 10.4. The van der Waals surface area contributed by atoms with Crippen molar-refractivity contribution >= 4 is 38.2 Å². The predicted molar refractivity (Wildman–Crippen MR) is 125 cm³/mol. The molecule has 0 bridgehead atoms. The van der Waals surface area contributed by atoms with Crippen LogP contribution in [0, 0.1) is 18.7 Å². The summed E-state index contributed by atoms with van der Waals surface area (Å²) in [5.74, 6) is 4.40. The maximum absolute atomic E-state index is 12.9. The average Bonchev–Trinajstić information content (AvgIpc) is 3.44. The fourth-order valence-corrected chi connectivity index (χ4v) is 5.47. The number of carboxylic acids is 1. The van der Waals surface area contributed by atoms with E-state index in [1.807, 2.05) is 0 Å². The van der Waals surface area contributed by atoms with Crippen molar-refractivity contribution < 1.29 is 23.8 Å². The third kappa shape index (κ3) is 4.92. The zero-order valence-electron chi connectivity index (χ0n) is 20.5. The zero-order valence-corrected chi connectivity index (χ0v) is 18.2. The van der Waals surface area contributed by atoms with E-state index in [4.69, 9.17) is 5.48 Å². The van der Waals surface area contributed by atoms with E-state index in [-0.39, 0.29) is 16.2 Å². The Morgan fingerprint density at radius 1 is 1.22 bits per heavy atom. The fourth-order valence-electron chi connectivity index (χ4n) is 3.11. The Morgan fingerprint density at radius 2 is 2.03 bits per heavy atom. The van der Waals surface area contributed by atoms with Gasteiger partial charge < -0.3 is 10.1 Å². The van der Waals surface area contributed by atoms with Crippen LogP contribution in [0.2, 0.25) is 0 Å². The second-order valence-corrected chi connectivity index (χ2v) is 9.97. The lowest BCUT2D eigenvalue weighted by molar-refractivity contribution is -0.138. The van der Waals surface area contributed by atoms with Crippen LogP contribution in [0.3, 0.4) is 0 Å². The van der Waals surface area contributed by atoms with Crippen LogP contribution in [0.5, 0.6) is 0 Å². The first-order valence-corrected chi connectivity index (χ1v) is 11.8. The quantitative estimate of drug-likeness (QED) is 0.374. The van der Waals surface area contributed by atoms with Gasteiger partial charge in [-0.2, -0.15) is 4.72 Å². The van der Waals surface area contributed by atoms with E-state index in [1.54, 1.807) is 36.5 Å². The number of carboxylic acid groups (broad SMARTS) is 1. The van der Waals surface area contributed by atoms with Crippen molar-refractivity contribution in [2.45, 2.75) is 23.5 Å². The standard InChI is InChI=1S/C24H20N2O4S2/c1-16-6-8-17(9-7-16)10-11-19-12-13-23(31-19)32(29,30)26-22(24(27)28)14-18-15-25-21-5-3-2-4-20(18)21/h2-9,12-13,15,22,25-26H,14H2,1H3,(H,27,28)/t22-/m0/s1/i1D3,3D. The molecule has 0 aliphatic rings. The monoisotopic (exact) mass is 468 g/mol. The molecule has 0 aliphatic heterocycles. The molecule has 0 unspecified atom stereocenters. The van der Waals surface area contributed by atoms with Gasteiger partial charge in [-0.25, -0.2) is 8.42 Å². The van der Waals surface area contributed by atoms with Crippen molar-refractivity contribution in [2.75, 3.05) is 0 Å². The minimum atomic E-state index is -4.13. The molecule has 0 saturated carbocycles. The molecular formula is C24H20N2O4S2. The lowest BCUT2D eigenvalue weighted by Gasteiger charge is -2.13. The van der Waals surface area contributed by atoms with Crippen LogP contribution in [0.1, 0.15) is 27.1 Å². The first-order valence-electron chi connectivity index (χ1n) is 11.5. The summed E-state index contributed by atoms with van der Waals surface area (Å²) in [4.78, 5) is 15.3. The van der Waals surface area contributed by atoms with Gasteiger partial charge in [-0.3, -0.25) is 4.79 Å². The highest BCUT2D eigenvalue weighted by molar-refractivity contribution is 7.91. The maximum Gasteiger partial charge on any atom is 0.322 e. The van der Waals surface area contributed by atoms with E-state index in [2.05, 4.69) is 21.5 Å². The molecule has 32 heavy (non-hydrogen) atoms. The topological polar surface area (TPSA) is 99.3 Å². The molecule has 0 radical (unpaired) electrons. The minimum absolute atomic E-state index is 0.0754. The van der Waals surface area contributed by atoms with Gasteiger partial charge in [0.05, 0.1) is 6.25 Å². The number of thiophene rings is 1. The van der Waals surface area contributed by atoms with Gasteiger partial charge in [0.2, 0.25) is 0 Å². The minimum Gasteiger partial charge on any atom is -0.480 e. The maximum atomic E-state index is 12.9. The van der Waals surface area contributed by atoms with Crippen LogP contribution in [0.25, 0.3) is 10.9 Å². The van der Waals surface area contributed by atoms with Crippen molar-refractivity contribution in [3.8, 4) is 11.8 Å². The van der Waals surface area contributed by atoms with Crippen LogP contribution < -0.4 is 4.72 Å². The Bertz CT molecular complexity index is 1590. The lowest BCUT2D eigenvalue weighted by atomic mass is 10.1. The van der Waals surface area contributed by atoms with Crippen molar-refractivity contribution in [3.05, 3.63) is 88.4 Å². The summed E-state index contributed by atoms with van der Waals surface area (Å²) in [5.41, 5.74) is 2.05. The zero-order chi connectivity index (χ0) is 26.1. The lowest BCUT2D eigenvalue weighted by Crippen LogP contribution is -2.41. The Balaban J connectivity index is 1.50. The van der Waals surface area contributed by atoms with Gasteiger partial charge in [-0.1, -0.05) is 47.7 Å². The van der Waals surface area contributed by atoms with Gasteiger partial charge in [0.25, 0.3) is 10.0 Å². The third-order valence-electron chi connectivity index (χ3n) is 4.69. The molecule has 0 aliphatic carbocycles. The van der Waals surface area contributed by atoms with Gasteiger partial charge in [0.1, 0.15) is 10.3 Å². The number of nitrogens with one attached hydrogen (secondary N) is 2. The Kier molecular flexibility index (Phi) is 4.84. The summed E-state index contributed by atoms with van der Waals surface area (Å²) in [6.07, 6.45) is 1.52. The number of fused-ring (bicyclic) bond motifs is 1. The van der Waals surface area contributed by atoms with E-state index >= 15 is 0 Å². The SMILES string of the molecule is [2H]c1ccc2c(C[C@H](NS(=O)(=O)c3ccc(C#Cc4ccc(C([2H])([2H])[2H])cc4)s3)C(=O)O)c[nH]c2c1. The van der Waals surface area contributed by atoms with Crippen molar-refractivity contribution in [1.82, 2.24) is 9.71 Å². The second-order valence-electron chi connectivity index (χ2n) is 6.95. The largest absolute Gasteiger partial charge is 0.480 e. The Morgan fingerprint density at radius 3 is 2.78 bits per heavy atom. The summed E-state index contributed by atoms with van der Waals surface area (Å²) < 4.78 is 57.9. The molecule has 162 valence electrons. The number of para-hydroxylation sites is 1. The summed E-state index contributed by atoms with van der Waals surface area (Å²) in [6.45, 7) is -2.20. The first kappa shape index (κ1) is 17.2. The second kappa shape index (κ2) is 9.01.